The number of nitrogens with zero attached hydrogens (tertiary/aromatic N) is 1. The van der Waals surface area contributed by atoms with E-state index in [2.05, 4.69) is 47.5 Å². The Balaban J connectivity index is 1.70. The van der Waals surface area contributed by atoms with Crippen molar-refractivity contribution in [2.45, 2.75) is 26.0 Å². The average molecular weight is 344 g/mol. The van der Waals surface area contributed by atoms with Crippen molar-refractivity contribution < 1.29 is 9.53 Å². The number of benzene rings is 1. The highest BCUT2D eigenvalue weighted by molar-refractivity contribution is 7.10. The van der Waals surface area contributed by atoms with E-state index in [1.807, 2.05) is 18.4 Å². The fourth-order valence-electron chi connectivity index (χ4n) is 2.98. The minimum atomic E-state index is -0.0865. The molecule has 2 heterocycles. The topological polar surface area (TPSA) is 41.6 Å². The Kier molecular flexibility index (Phi) is 5.66. The summed E-state index contributed by atoms with van der Waals surface area (Å²) in [4.78, 5) is 15.9. The van der Waals surface area contributed by atoms with E-state index in [-0.39, 0.29) is 18.1 Å². The summed E-state index contributed by atoms with van der Waals surface area (Å²) in [5.41, 5.74) is 2.34. The SMILES string of the molecule is Cc1ccc([C@H](NC(=O)CN2CCO[C@H](C)C2)c2cccs2)cc1. The predicted molar refractivity (Wildman–Crippen MR) is 97.3 cm³/mol. The van der Waals surface area contributed by atoms with Gasteiger partial charge in [-0.15, -0.1) is 11.3 Å². The summed E-state index contributed by atoms with van der Waals surface area (Å²) in [7, 11) is 0. The molecular weight excluding hydrogens is 320 g/mol. The second-order valence-electron chi connectivity index (χ2n) is 6.34. The van der Waals surface area contributed by atoms with Gasteiger partial charge in [-0.3, -0.25) is 9.69 Å². The molecule has 0 saturated carbocycles. The van der Waals surface area contributed by atoms with E-state index >= 15 is 0 Å². The molecule has 1 fully saturated rings. The molecule has 0 spiro atoms. The molecule has 3 rings (SSSR count). The molecule has 2 aromatic rings. The summed E-state index contributed by atoms with van der Waals surface area (Å²) >= 11 is 1.67. The lowest BCUT2D eigenvalue weighted by atomic mass is 10.0. The van der Waals surface area contributed by atoms with Crippen LogP contribution in [0.5, 0.6) is 0 Å². The lowest BCUT2D eigenvalue weighted by molar-refractivity contribution is -0.124. The second kappa shape index (κ2) is 7.92. The Morgan fingerprint density at radius 3 is 2.83 bits per heavy atom. The van der Waals surface area contributed by atoms with Crippen LogP contribution in [0.1, 0.15) is 29.0 Å². The maximum atomic E-state index is 12.6. The third kappa shape index (κ3) is 4.44. The van der Waals surface area contributed by atoms with Crippen LogP contribution in [0.15, 0.2) is 41.8 Å². The molecule has 1 aliphatic heterocycles. The van der Waals surface area contributed by atoms with Crippen LogP contribution >= 0.6 is 11.3 Å². The average Bonchev–Trinajstić information content (AvgIpc) is 3.08. The highest BCUT2D eigenvalue weighted by Gasteiger charge is 2.22. The van der Waals surface area contributed by atoms with Crippen LogP contribution in [0.3, 0.4) is 0 Å². The summed E-state index contributed by atoms with van der Waals surface area (Å²) in [5, 5.41) is 5.25. The van der Waals surface area contributed by atoms with Crippen LogP contribution in [0.4, 0.5) is 0 Å². The number of hydrogen-bond donors (Lipinski definition) is 1. The Morgan fingerprint density at radius 2 is 2.17 bits per heavy atom. The lowest BCUT2D eigenvalue weighted by Crippen LogP contribution is -2.46. The lowest BCUT2D eigenvalue weighted by Gasteiger charge is -2.31. The Labute approximate surface area is 147 Å². The molecule has 1 N–H and O–H groups in total. The zero-order valence-corrected chi connectivity index (χ0v) is 15.0. The number of nitrogens with one attached hydrogen (secondary N) is 1. The van der Waals surface area contributed by atoms with Gasteiger partial charge in [0.2, 0.25) is 5.91 Å². The van der Waals surface area contributed by atoms with Gasteiger partial charge in [-0.25, -0.2) is 0 Å². The summed E-state index contributed by atoms with van der Waals surface area (Å²) in [6.07, 6.45) is 0.191. The first-order valence-corrected chi connectivity index (χ1v) is 9.23. The molecule has 1 saturated heterocycles. The van der Waals surface area contributed by atoms with Gasteiger partial charge in [0.1, 0.15) is 0 Å². The van der Waals surface area contributed by atoms with Gasteiger partial charge in [-0.2, -0.15) is 0 Å². The normalized spacial score (nSPS) is 19.8. The zero-order chi connectivity index (χ0) is 16.9. The van der Waals surface area contributed by atoms with Crippen LogP contribution in [0, 0.1) is 6.92 Å². The van der Waals surface area contributed by atoms with Crippen LogP contribution < -0.4 is 5.32 Å². The predicted octanol–water partition coefficient (Wildman–Crippen LogP) is 2.98. The molecule has 5 heteroatoms. The summed E-state index contributed by atoms with van der Waals surface area (Å²) in [6.45, 7) is 6.85. The highest BCUT2D eigenvalue weighted by atomic mass is 32.1. The second-order valence-corrected chi connectivity index (χ2v) is 7.32. The van der Waals surface area contributed by atoms with Crippen LogP contribution in [0.2, 0.25) is 0 Å². The Morgan fingerprint density at radius 1 is 1.38 bits per heavy atom. The van der Waals surface area contributed by atoms with E-state index in [9.17, 15) is 4.79 Å². The van der Waals surface area contributed by atoms with Crippen LogP contribution in [-0.2, 0) is 9.53 Å². The molecule has 0 bridgehead atoms. The molecule has 2 atom stereocenters. The first kappa shape index (κ1) is 17.1. The molecule has 0 radical (unpaired) electrons. The fraction of sp³-hybridized carbons (Fsp3) is 0.421. The number of thiophene rings is 1. The van der Waals surface area contributed by atoms with Gasteiger partial charge in [0, 0.05) is 18.0 Å². The molecule has 1 amide bonds. The quantitative estimate of drug-likeness (QED) is 0.907. The smallest absolute Gasteiger partial charge is 0.234 e. The van der Waals surface area contributed by atoms with Crippen molar-refractivity contribution >= 4 is 17.2 Å². The number of hydrogen-bond acceptors (Lipinski definition) is 4. The van der Waals surface area contributed by atoms with Crippen LogP contribution in [0.25, 0.3) is 0 Å². The third-order valence-corrected chi connectivity index (χ3v) is 5.17. The van der Waals surface area contributed by atoms with Gasteiger partial charge in [0.25, 0.3) is 0 Å². The van der Waals surface area contributed by atoms with Crippen molar-refractivity contribution in [1.29, 1.82) is 0 Å². The van der Waals surface area contributed by atoms with E-state index < -0.39 is 0 Å². The van der Waals surface area contributed by atoms with Gasteiger partial charge in [-0.1, -0.05) is 35.9 Å². The first-order chi connectivity index (χ1) is 11.6. The molecule has 0 aliphatic carbocycles. The largest absolute Gasteiger partial charge is 0.376 e. The highest BCUT2D eigenvalue weighted by Crippen LogP contribution is 2.26. The number of carbonyl (C=O) groups is 1. The van der Waals surface area contributed by atoms with E-state index in [1.165, 1.54) is 5.56 Å². The molecule has 1 aromatic carbocycles. The Bertz CT molecular complexity index is 655. The molecule has 1 aromatic heterocycles. The minimum absolute atomic E-state index is 0.0584. The maximum absolute atomic E-state index is 12.6. The molecule has 1 aliphatic rings. The van der Waals surface area contributed by atoms with Crippen molar-refractivity contribution in [3.8, 4) is 0 Å². The van der Waals surface area contributed by atoms with Crippen molar-refractivity contribution in [3.63, 3.8) is 0 Å². The maximum Gasteiger partial charge on any atom is 0.234 e. The first-order valence-electron chi connectivity index (χ1n) is 8.35. The van der Waals surface area contributed by atoms with Crippen LogP contribution in [-0.4, -0.2) is 43.2 Å². The van der Waals surface area contributed by atoms with Crippen molar-refractivity contribution in [3.05, 3.63) is 57.8 Å². The number of amides is 1. The number of aryl methyl sites for hydroxylation is 1. The summed E-state index contributed by atoms with van der Waals surface area (Å²) < 4.78 is 5.54. The number of carbonyl (C=O) groups excluding carboxylic acids is 1. The van der Waals surface area contributed by atoms with Gasteiger partial charge in [0.15, 0.2) is 0 Å². The van der Waals surface area contributed by atoms with Crippen molar-refractivity contribution in [2.75, 3.05) is 26.2 Å². The van der Waals surface area contributed by atoms with E-state index in [0.29, 0.717) is 13.2 Å². The molecule has 24 heavy (non-hydrogen) atoms. The number of morpholine rings is 1. The van der Waals surface area contributed by atoms with Gasteiger partial charge >= 0.3 is 0 Å². The van der Waals surface area contributed by atoms with E-state index in [1.54, 1.807) is 11.3 Å². The molecule has 128 valence electrons. The third-order valence-electron chi connectivity index (χ3n) is 4.24. The summed E-state index contributed by atoms with van der Waals surface area (Å²) in [5.74, 6) is 0.0584. The summed E-state index contributed by atoms with van der Waals surface area (Å²) in [6, 6.07) is 12.4. The number of ether oxygens (including phenoxy) is 1. The standard InChI is InChI=1S/C19H24N2O2S/c1-14-5-7-16(8-6-14)19(17-4-3-11-24-17)20-18(22)13-21-9-10-23-15(2)12-21/h3-8,11,15,19H,9-10,12-13H2,1-2H3,(H,20,22)/t15-,19+/m1/s1. The molecule has 0 unspecified atom stereocenters. The van der Waals surface area contributed by atoms with Gasteiger partial charge < -0.3 is 10.1 Å². The minimum Gasteiger partial charge on any atom is -0.376 e. The zero-order valence-electron chi connectivity index (χ0n) is 14.2. The Hall–Kier alpha value is -1.69. The van der Waals surface area contributed by atoms with Gasteiger partial charge in [-0.05, 0) is 30.9 Å². The van der Waals surface area contributed by atoms with Gasteiger partial charge in [0.05, 0.1) is 25.3 Å². The van der Waals surface area contributed by atoms with E-state index in [0.717, 1.165) is 23.5 Å². The van der Waals surface area contributed by atoms with Crippen molar-refractivity contribution in [1.82, 2.24) is 10.2 Å². The monoisotopic (exact) mass is 344 g/mol. The van der Waals surface area contributed by atoms with E-state index in [4.69, 9.17) is 4.74 Å². The number of rotatable bonds is 5. The molecule has 4 nitrogen and oxygen atoms in total. The molecular formula is C19H24N2O2S. The fourth-order valence-corrected chi connectivity index (χ4v) is 3.78. The van der Waals surface area contributed by atoms with Crippen molar-refractivity contribution in [2.24, 2.45) is 0 Å².